The topological polar surface area (TPSA) is 35.9 Å². The Morgan fingerprint density at radius 2 is 1.94 bits per heavy atom. The maximum absolute atomic E-state index is 8.01. The Hall–Kier alpha value is -1.31. The highest BCUT2D eigenvalue weighted by Crippen LogP contribution is 2.28. The molecule has 1 rings (SSSR count). The first-order chi connectivity index (χ1) is 8.51. The van der Waals surface area contributed by atoms with Gasteiger partial charge in [-0.15, -0.1) is 0 Å². The van der Waals surface area contributed by atoms with E-state index in [0.717, 1.165) is 30.6 Å². The molecule has 2 N–H and O–H groups in total. The van der Waals surface area contributed by atoms with Gasteiger partial charge in [-0.2, -0.15) is 0 Å². The highest BCUT2D eigenvalue weighted by molar-refractivity contribution is 6.03. The van der Waals surface area contributed by atoms with Crippen molar-refractivity contribution in [1.82, 2.24) is 0 Å². The van der Waals surface area contributed by atoms with E-state index in [2.05, 4.69) is 45.1 Å². The van der Waals surface area contributed by atoms with Gasteiger partial charge < -0.3 is 10.7 Å². The van der Waals surface area contributed by atoms with Crippen LogP contribution >= 0.6 is 0 Å². The van der Waals surface area contributed by atoms with E-state index in [1.54, 1.807) is 0 Å². The van der Waals surface area contributed by atoms with Gasteiger partial charge in [0.05, 0.1) is 0 Å². The summed E-state index contributed by atoms with van der Waals surface area (Å²) < 4.78 is 0. The summed E-state index contributed by atoms with van der Waals surface area (Å²) in [7, 11) is 0. The van der Waals surface area contributed by atoms with E-state index < -0.39 is 0 Å². The molecule has 0 unspecified atom stereocenters. The molecule has 0 aromatic heterocycles. The second kappa shape index (κ2) is 6.58. The summed E-state index contributed by atoms with van der Waals surface area (Å²) in [4.78, 5) is 0. The normalized spacial score (nSPS) is 10.8. The van der Waals surface area contributed by atoms with Crippen molar-refractivity contribution in [3.63, 3.8) is 0 Å². The van der Waals surface area contributed by atoms with Crippen LogP contribution in [-0.2, 0) is 6.42 Å². The molecule has 0 amide bonds. The zero-order valence-corrected chi connectivity index (χ0v) is 12.4. The molecular weight excluding hydrogens is 220 g/mol. The molecule has 0 spiro atoms. The van der Waals surface area contributed by atoms with Crippen LogP contribution in [0.4, 0.5) is 5.69 Å². The van der Waals surface area contributed by atoms with Crippen molar-refractivity contribution in [2.24, 2.45) is 0 Å². The Morgan fingerprint density at radius 1 is 1.28 bits per heavy atom. The molecule has 0 bridgehead atoms. The first-order valence-corrected chi connectivity index (χ1v) is 6.97. The molecule has 2 heteroatoms. The Labute approximate surface area is 111 Å². The van der Waals surface area contributed by atoms with Gasteiger partial charge in [0.15, 0.2) is 0 Å². The standard InChI is InChI=1S/C16H26N2/c1-6-8-13-9-14(11(3)4)10-15(18-7-2)16(13)12(5)17/h9-11,17-18H,6-8H2,1-5H3. The number of nitrogens with one attached hydrogen (secondary N) is 2. The zero-order valence-electron chi connectivity index (χ0n) is 12.4. The van der Waals surface area contributed by atoms with E-state index in [-0.39, 0.29) is 0 Å². The first-order valence-electron chi connectivity index (χ1n) is 6.97. The van der Waals surface area contributed by atoms with Crippen LogP contribution < -0.4 is 5.32 Å². The Bertz CT molecular complexity index is 392. The number of aryl methyl sites for hydroxylation is 1. The van der Waals surface area contributed by atoms with Gasteiger partial charge in [-0.05, 0) is 43.4 Å². The van der Waals surface area contributed by atoms with Crippen molar-refractivity contribution in [1.29, 1.82) is 5.41 Å². The Balaban J connectivity index is 3.38. The number of benzene rings is 1. The third-order valence-electron chi connectivity index (χ3n) is 3.17. The predicted octanol–water partition coefficient (Wildman–Crippen LogP) is 4.58. The van der Waals surface area contributed by atoms with Gasteiger partial charge in [0.2, 0.25) is 0 Å². The first kappa shape index (κ1) is 14.7. The average molecular weight is 246 g/mol. The average Bonchev–Trinajstić information content (AvgIpc) is 2.28. The molecule has 0 aliphatic carbocycles. The van der Waals surface area contributed by atoms with Crippen LogP contribution in [0, 0.1) is 5.41 Å². The van der Waals surface area contributed by atoms with E-state index >= 15 is 0 Å². The van der Waals surface area contributed by atoms with Crippen molar-refractivity contribution in [2.75, 3.05) is 11.9 Å². The van der Waals surface area contributed by atoms with Crippen molar-refractivity contribution >= 4 is 11.4 Å². The third kappa shape index (κ3) is 3.34. The van der Waals surface area contributed by atoms with Crippen LogP contribution in [0.25, 0.3) is 0 Å². The van der Waals surface area contributed by atoms with Crippen LogP contribution in [0.2, 0.25) is 0 Å². The van der Waals surface area contributed by atoms with Crippen molar-refractivity contribution in [3.05, 3.63) is 28.8 Å². The molecule has 0 saturated carbocycles. The lowest BCUT2D eigenvalue weighted by atomic mass is 9.91. The number of hydrogen-bond donors (Lipinski definition) is 2. The van der Waals surface area contributed by atoms with Gasteiger partial charge in [-0.1, -0.05) is 33.3 Å². The monoisotopic (exact) mass is 246 g/mol. The van der Waals surface area contributed by atoms with Gasteiger partial charge in [-0.3, -0.25) is 0 Å². The fourth-order valence-corrected chi connectivity index (χ4v) is 2.30. The van der Waals surface area contributed by atoms with Gasteiger partial charge in [0.1, 0.15) is 0 Å². The second-order valence-corrected chi connectivity index (χ2v) is 5.16. The minimum Gasteiger partial charge on any atom is -0.385 e. The molecule has 18 heavy (non-hydrogen) atoms. The second-order valence-electron chi connectivity index (χ2n) is 5.16. The maximum Gasteiger partial charge on any atom is 0.0437 e. The molecule has 0 saturated heterocycles. The largest absolute Gasteiger partial charge is 0.385 e. The van der Waals surface area contributed by atoms with Crippen molar-refractivity contribution in [2.45, 2.75) is 53.4 Å². The zero-order chi connectivity index (χ0) is 13.7. The molecule has 0 aliphatic rings. The molecule has 1 aromatic carbocycles. The van der Waals surface area contributed by atoms with Crippen LogP contribution in [0.5, 0.6) is 0 Å². The summed E-state index contributed by atoms with van der Waals surface area (Å²) in [6, 6.07) is 4.49. The molecule has 1 aromatic rings. The number of anilines is 1. The molecular formula is C16H26N2. The minimum atomic E-state index is 0.526. The quantitative estimate of drug-likeness (QED) is 0.708. The highest BCUT2D eigenvalue weighted by atomic mass is 14.9. The summed E-state index contributed by atoms with van der Waals surface area (Å²) in [6.45, 7) is 11.5. The number of hydrogen-bond acceptors (Lipinski definition) is 2. The van der Waals surface area contributed by atoms with E-state index in [9.17, 15) is 0 Å². The minimum absolute atomic E-state index is 0.526. The molecule has 100 valence electrons. The molecule has 0 fully saturated rings. The van der Waals surface area contributed by atoms with E-state index in [0.29, 0.717) is 11.6 Å². The summed E-state index contributed by atoms with van der Waals surface area (Å²) in [5, 5.41) is 11.4. The van der Waals surface area contributed by atoms with Crippen molar-refractivity contribution < 1.29 is 0 Å². The molecule has 0 radical (unpaired) electrons. The highest BCUT2D eigenvalue weighted by Gasteiger charge is 2.13. The number of rotatable bonds is 6. The van der Waals surface area contributed by atoms with Crippen LogP contribution in [0.15, 0.2) is 12.1 Å². The lowest BCUT2D eigenvalue weighted by Crippen LogP contribution is -2.09. The Morgan fingerprint density at radius 3 is 2.39 bits per heavy atom. The maximum atomic E-state index is 8.01. The summed E-state index contributed by atoms with van der Waals surface area (Å²) in [5.74, 6) is 0.526. The van der Waals surface area contributed by atoms with E-state index in [1.807, 2.05) is 6.92 Å². The van der Waals surface area contributed by atoms with Gasteiger partial charge in [0, 0.05) is 23.5 Å². The van der Waals surface area contributed by atoms with E-state index in [4.69, 9.17) is 5.41 Å². The summed E-state index contributed by atoms with van der Waals surface area (Å²) in [6.07, 6.45) is 2.16. The summed E-state index contributed by atoms with van der Waals surface area (Å²) >= 11 is 0. The fraction of sp³-hybridized carbons (Fsp3) is 0.562. The van der Waals surface area contributed by atoms with E-state index in [1.165, 1.54) is 11.1 Å². The third-order valence-corrected chi connectivity index (χ3v) is 3.17. The molecule has 0 atom stereocenters. The lowest BCUT2D eigenvalue weighted by molar-refractivity contribution is 0.853. The predicted molar refractivity (Wildman–Crippen MR) is 81.2 cm³/mol. The lowest BCUT2D eigenvalue weighted by Gasteiger charge is -2.18. The summed E-state index contributed by atoms with van der Waals surface area (Å²) in [5.41, 5.74) is 5.55. The smallest absolute Gasteiger partial charge is 0.0437 e. The van der Waals surface area contributed by atoms with Crippen molar-refractivity contribution in [3.8, 4) is 0 Å². The van der Waals surface area contributed by atoms with Gasteiger partial charge in [-0.25, -0.2) is 0 Å². The SMILES string of the molecule is CCCc1cc(C(C)C)cc(NCC)c1C(C)=N. The molecule has 0 heterocycles. The van der Waals surface area contributed by atoms with Crippen LogP contribution in [-0.4, -0.2) is 12.3 Å². The Kier molecular flexibility index (Phi) is 5.39. The van der Waals surface area contributed by atoms with Crippen LogP contribution in [0.1, 0.15) is 63.6 Å². The van der Waals surface area contributed by atoms with Gasteiger partial charge >= 0.3 is 0 Å². The van der Waals surface area contributed by atoms with Crippen LogP contribution in [0.3, 0.4) is 0 Å². The molecule has 0 aliphatic heterocycles. The fourth-order valence-electron chi connectivity index (χ4n) is 2.30. The van der Waals surface area contributed by atoms with Gasteiger partial charge in [0.25, 0.3) is 0 Å². The molecule has 2 nitrogen and oxygen atoms in total.